The van der Waals surface area contributed by atoms with Crippen LogP contribution in [0.3, 0.4) is 0 Å². The minimum absolute atomic E-state index is 0.130. The molecule has 1 saturated heterocycles. The quantitative estimate of drug-likeness (QED) is 0.862. The number of carbonyl (C=O) groups is 1. The van der Waals surface area contributed by atoms with Gasteiger partial charge in [0.25, 0.3) is 0 Å². The molecule has 0 aromatic heterocycles. The van der Waals surface area contributed by atoms with Crippen molar-refractivity contribution >= 4 is 17.9 Å². The lowest BCUT2D eigenvalue weighted by Crippen LogP contribution is -2.22. The van der Waals surface area contributed by atoms with Crippen LogP contribution in [0.5, 0.6) is 5.75 Å². The number of halogens is 1. The van der Waals surface area contributed by atoms with Crippen LogP contribution in [0.25, 0.3) is 12.2 Å². The topological polar surface area (TPSA) is 46.5 Å². The van der Waals surface area contributed by atoms with Crippen molar-refractivity contribution in [3.8, 4) is 5.75 Å². The number of hydrogen-bond acceptors (Lipinski definition) is 3. The number of ketones is 1. The Morgan fingerprint density at radius 1 is 1.00 bits per heavy atom. The summed E-state index contributed by atoms with van der Waals surface area (Å²) in [5.41, 5.74) is 1.96. The van der Waals surface area contributed by atoms with Crippen LogP contribution in [0.1, 0.15) is 11.1 Å². The van der Waals surface area contributed by atoms with Gasteiger partial charge in [-0.3, -0.25) is 4.79 Å². The van der Waals surface area contributed by atoms with Crippen LogP contribution in [0, 0.1) is 5.82 Å². The molecule has 0 bridgehead atoms. The summed E-state index contributed by atoms with van der Waals surface area (Å²) in [5.74, 6) is -0.412. The van der Waals surface area contributed by atoms with E-state index in [0.717, 1.165) is 0 Å². The number of aromatic hydroxyl groups is 1. The van der Waals surface area contributed by atoms with Gasteiger partial charge < -0.3 is 9.84 Å². The number of phenols is 1. The summed E-state index contributed by atoms with van der Waals surface area (Å²) in [6.45, 7) is 0.355. The molecule has 3 nitrogen and oxygen atoms in total. The molecule has 0 radical (unpaired) electrons. The average Bonchev–Trinajstić information content (AvgIpc) is 2.53. The monoisotopic (exact) mass is 310 g/mol. The molecule has 3 rings (SSSR count). The number of phenolic OH excluding ortho intramolecular Hbond substituents is 1. The maximum absolute atomic E-state index is 13.7. The summed E-state index contributed by atoms with van der Waals surface area (Å²) in [6, 6.07) is 12.9. The molecule has 1 aliphatic heterocycles. The van der Waals surface area contributed by atoms with Crippen LogP contribution in [-0.2, 0) is 9.53 Å². The van der Waals surface area contributed by atoms with Gasteiger partial charge in [0.2, 0.25) is 0 Å². The molecule has 0 amide bonds. The van der Waals surface area contributed by atoms with Crippen molar-refractivity contribution in [3.63, 3.8) is 0 Å². The van der Waals surface area contributed by atoms with E-state index in [1.807, 2.05) is 0 Å². The molecule has 116 valence electrons. The first kappa shape index (κ1) is 15.2. The fourth-order valence-corrected chi connectivity index (χ4v) is 2.42. The first-order valence-electron chi connectivity index (χ1n) is 7.20. The standard InChI is InChI=1S/C19H15FO3/c20-18-7-2-1-5-14(18)10-16-12-23-11-15(19(16)22)8-13-4-3-6-17(21)9-13/h1-10,21H,11-12H2/b15-8+,16-10+. The van der Waals surface area contributed by atoms with Gasteiger partial charge in [-0.15, -0.1) is 0 Å². The van der Waals surface area contributed by atoms with Crippen LogP contribution in [0.15, 0.2) is 59.7 Å². The Morgan fingerprint density at radius 2 is 1.74 bits per heavy atom. The zero-order valence-corrected chi connectivity index (χ0v) is 12.3. The molecule has 2 aromatic rings. The van der Waals surface area contributed by atoms with E-state index < -0.39 is 0 Å². The van der Waals surface area contributed by atoms with Gasteiger partial charge in [0.05, 0.1) is 13.2 Å². The third kappa shape index (κ3) is 3.55. The van der Waals surface area contributed by atoms with E-state index in [2.05, 4.69) is 0 Å². The summed E-state index contributed by atoms with van der Waals surface area (Å²) in [6.07, 6.45) is 3.20. The Morgan fingerprint density at radius 3 is 2.48 bits per heavy atom. The molecule has 2 aromatic carbocycles. The van der Waals surface area contributed by atoms with Gasteiger partial charge in [0.1, 0.15) is 11.6 Å². The van der Waals surface area contributed by atoms with E-state index in [1.165, 1.54) is 12.1 Å². The Hall–Kier alpha value is -2.72. The summed E-state index contributed by atoms with van der Waals surface area (Å²) in [5, 5.41) is 9.49. The lowest BCUT2D eigenvalue weighted by molar-refractivity contribution is -0.114. The molecule has 0 unspecified atom stereocenters. The van der Waals surface area contributed by atoms with Gasteiger partial charge >= 0.3 is 0 Å². The highest BCUT2D eigenvalue weighted by atomic mass is 19.1. The van der Waals surface area contributed by atoms with E-state index in [4.69, 9.17) is 4.74 Å². The minimum atomic E-state index is -0.378. The Labute approximate surface area is 133 Å². The molecular weight excluding hydrogens is 295 g/mol. The highest BCUT2D eigenvalue weighted by Crippen LogP contribution is 2.22. The molecule has 1 aliphatic rings. The average molecular weight is 310 g/mol. The summed E-state index contributed by atoms with van der Waals surface area (Å²) in [7, 11) is 0. The van der Waals surface area contributed by atoms with Crippen LogP contribution in [0.4, 0.5) is 4.39 Å². The van der Waals surface area contributed by atoms with Gasteiger partial charge in [0, 0.05) is 16.7 Å². The fraction of sp³-hybridized carbons (Fsp3) is 0.105. The van der Waals surface area contributed by atoms with E-state index in [-0.39, 0.29) is 30.6 Å². The number of carbonyl (C=O) groups excluding carboxylic acids is 1. The maximum atomic E-state index is 13.7. The van der Waals surface area contributed by atoms with Crippen LogP contribution < -0.4 is 0 Å². The van der Waals surface area contributed by atoms with Gasteiger partial charge in [0.15, 0.2) is 5.78 Å². The second-order valence-corrected chi connectivity index (χ2v) is 5.28. The fourth-order valence-electron chi connectivity index (χ4n) is 2.42. The third-order valence-corrected chi connectivity index (χ3v) is 3.54. The van der Waals surface area contributed by atoms with Crippen molar-refractivity contribution in [2.45, 2.75) is 0 Å². The molecule has 0 spiro atoms. The molecule has 1 heterocycles. The predicted octanol–water partition coefficient (Wildman–Crippen LogP) is 3.60. The highest BCUT2D eigenvalue weighted by molar-refractivity contribution is 6.14. The predicted molar refractivity (Wildman–Crippen MR) is 86.3 cm³/mol. The molecule has 0 aliphatic carbocycles. The lowest BCUT2D eigenvalue weighted by Gasteiger charge is -2.17. The Kier molecular flexibility index (Phi) is 4.35. The van der Waals surface area contributed by atoms with Crippen molar-refractivity contribution < 1.29 is 19.0 Å². The van der Waals surface area contributed by atoms with Crippen LogP contribution in [-0.4, -0.2) is 24.1 Å². The molecule has 4 heteroatoms. The van der Waals surface area contributed by atoms with E-state index in [1.54, 1.807) is 48.5 Å². The highest BCUT2D eigenvalue weighted by Gasteiger charge is 2.21. The molecular formula is C19H15FO3. The van der Waals surface area contributed by atoms with Crippen molar-refractivity contribution in [2.24, 2.45) is 0 Å². The van der Waals surface area contributed by atoms with Crippen LogP contribution >= 0.6 is 0 Å². The first-order valence-corrected chi connectivity index (χ1v) is 7.20. The summed E-state index contributed by atoms with van der Waals surface area (Å²) in [4.78, 5) is 12.5. The van der Waals surface area contributed by atoms with Crippen molar-refractivity contribution in [2.75, 3.05) is 13.2 Å². The second kappa shape index (κ2) is 6.58. The molecule has 23 heavy (non-hydrogen) atoms. The number of rotatable bonds is 2. The second-order valence-electron chi connectivity index (χ2n) is 5.28. The molecule has 1 fully saturated rings. The Bertz CT molecular complexity index is 806. The minimum Gasteiger partial charge on any atom is -0.508 e. The summed E-state index contributed by atoms with van der Waals surface area (Å²) < 4.78 is 19.2. The van der Waals surface area contributed by atoms with E-state index in [9.17, 15) is 14.3 Å². The van der Waals surface area contributed by atoms with Crippen molar-refractivity contribution in [1.82, 2.24) is 0 Å². The van der Waals surface area contributed by atoms with Gasteiger partial charge in [-0.25, -0.2) is 4.39 Å². The van der Waals surface area contributed by atoms with Gasteiger partial charge in [-0.05, 0) is 35.9 Å². The summed E-state index contributed by atoms with van der Waals surface area (Å²) >= 11 is 0. The molecule has 0 atom stereocenters. The number of ether oxygens (including phenoxy) is 1. The zero-order chi connectivity index (χ0) is 16.2. The Balaban J connectivity index is 1.91. The maximum Gasteiger partial charge on any atom is 0.189 e. The van der Waals surface area contributed by atoms with Crippen molar-refractivity contribution in [1.29, 1.82) is 0 Å². The van der Waals surface area contributed by atoms with Gasteiger partial charge in [-0.1, -0.05) is 30.3 Å². The zero-order valence-electron chi connectivity index (χ0n) is 12.3. The van der Waals surface area contributed by atoms with Crippen molar-refractivity contribution in [3.05, 3.63) is 76.6 Å². The largest absolute Gasteiger partial charge is 0.508 e. The first-order chi connectivity index (χ1) is 11.1. The number of Topliss-reactive ketones (excluding diaryl/α,β-unsaturated/α-hetero) is 1. The third-order valence-electron chi connectivity index (χ3n) is 3.54. The number of benzene rings is 2. The van der Waals surface area contributed by atoms with E-state index >= 15 is 0 Å². The smallest absolute Gasteiger partial charge is 0.189 e. The molecule has 0 saturated carbocycles. The van der Waals surface area contributed by atoms with Crippen LogP contribution in [0.2, 0.25) is 0 Å². The number of hydrogen-bond donors (Lipinski definition) is 1. The normalized spacial score (nSPS) is 18.6. The van der Waals surface area contributed by atoms with E-state index in [0.29, 0.717) is 22.3 Å². The van der Waals surface area contributed by atoms with Gasteiger partial charge in [-0.2, -0.15) is 0 Å². The lowest BCUT2D eigenvalue weighted by atomic mass is 9.98. The SMILES string of the molecule is O=C1/C(=C/c2cccc(O)c2)COC/C1=C\c1ccccc1F. The molecule has 1 N–H and O–H groups in total.